The molecular weight excluding hydrogens is 269 g/mol. The fourth-order valence-corrected chi connectivity index (χ4v) is 3.90. The minimum Gasteiger partial charge on any atom is -0.456 e. The molecule has 3 saturated heterocycles. The first-order valence-electron chi connectivity index (χ1n) is 7.83. The molecule has 1 atom stereocenters. The van der Waals surface area contributed by atoms with Gasteiger partial charge < -0.3 is 9.22 Å². The highest BCUT2D eigenvalue weighted by Crippen LogP contribution is 2.35. The molecule has 0 aromatic heterocycles. The van der Waals surface area contributed by atoms with Crippen LogP contribution in [-0.4, -0.2) is 42.7 Å². The summed E-state index contributed by atoms with van der Waals surface area (Å²) in [7, 11) is 0. The van der Waals surface area contributed by atoms with E-state index in [2.05, 4.69) is 0 Å². The average Bonchev–Trinajstić information content (AvgIpc) is 2.47. The van der Waals surface area contributed by atoms with Crippen LogP contribution in [0.1, 0.15) is 25.3 Å². The Bertz CT molecular complexity index is 506. The molecule has 1 aromatic carbocycles. The van der Waals surface area contributed by atoms with Crippen molar-refractivity contribution in [3.05, 3.63) is 35.6 Å². The van der Waals surface area contributed by atoms with Crippen molar-refractivity contribution in [3.63, 3.8) is 0 Å². The first-order valence-corrected chi connectivity index (χ1v) is 7.83. The molecule has 21 heavy (non-hydrogen) atoms. The van der Waals surface area contributed by atoms with Crippen molar-refractivity contribution < 1.29 is 18.4 Å². The second-order valence-electron chi connectivity index (χ2n) is 6.56. The van der Waals surface area contributed by atoms with Crippen LogP contribution < -0.4 is 0 Å². The van der Waals surface area contributed by atoms with E-state index in [1.54, 1.807) is 0 Å². The Morgan fingerprint density at radius 2 is 1.95 bits per heavy atom. The molecule has 0 spiro atoms. The van der Waals surface area contributed by atoms with Crippen molar-refractivity contribution in [2.45, 2.75) is 32.3 Å². The van der Waals surface area contributed by atoms with Gasteiger partial charge in [0.05, 0.1) is 19.6 Å². The van der Waals surface area contributed by atoms with Gasteiger partial charge >= 0.3 is 5.97 Å². The van der Waals surface area contributed by atoms with Gasteiger partial charge in [0, 0.05) is 32.1 Å². The summed E-state index contributed by atoms with van der Waals surface area (Å²) in [4.78, 5) is 11.2. The lowest BCUT2D eigenvalue weighted by molar-refractivity contribution is -0.946. The number of rotatable bonds is 4. The number of hydrogen-bond donors (Lipinski definition) is 0. The Hall–Kier alpha value is -1.42. The molecule has 0 radical (unpaired) electrons. The van der Waals surface area contributed by atoms with Gasteiger partial charge in [-0.25, -0.2) is 4.39 Å². The number of esters is 1. The molecule has 3 fully saturated rings. The normalized spacial score (nSPS) is 31.1. The molecule has 3 heterocycles. The number of carbonyl (C=O) groups is 1. The van der Waals surface area contributed by atoms with Crippen LogP contribution in [-0.2, 0) is 16.0 Å². The van der Waals surface area contributed by atoms with E-state index in [9.17, 15) is 9.18 Å². The zero-order valence-electron chi connectivity index (χ0n) is 12.6. The maximum atomic E-state index is 12.9. The van der Waals surface area contributed by atoms with E-state index in [0.717, 1.165) is 36.8 Å². The second-order valence-corrected chi connectivity index (χ2v) is 6.56. The number of halogens is 1. The first kappa shape index (κ1) is 14.5. The highest BCUT2D eigenvalue weighted by atomic mass is 19.1. The van der Waals surface area contributed by atoms with E-state index in [-0.39, 0.29) is 17.9 Å². The van der Waals surface area contributed by atoms with E-state index < -0.39 is 0 Å². The topological polar surface area (TPSA) is 26.3 Å². The maximum absolute atomic E-state index is 12.9. The molecule has 1 aromatic rings. The zero-order chi connectivity index (χ0) is 14.9. The van der Waals surface area contributed by atoms with Crippen LogP contribution in [0.15, 0.2) is 24.3 Å². The van der Waals surface area contributed by atoms with E-state index in [0.29, 0.717) is 5.92 Å². The quantitative estimate of drug-likeness (QED) is 0.630. The minimum atomic E-state index is -0.181. The molecule has 0 unspecified atom stereocenters. The van der Waals surface area contributed by atoms with Crippen LogP contribution in [0.4, 0.5) is 4.39 Å². The lowest BCUT2D eigenvalue weighted by Crippen LogP contribution is -2.64. The molecule has 0 saturated carbocycles. The summed E-state index contributed by atoms with van der Waals surface area (Å²) in [5.74, 6) is 0.213. The standard InChI is InChI=1S/C17H23FNO2/c1-13(20)21-17-12-19(10-7-15(17)8-11-19)9-6-14-2-4-16(18)5-3-14/h2-5,15,17H,6-12H2,1H3/q+1/t15?,17-,19?/m0/s1. The molecule has 4 heteroatoms. The van der Waals surface area contributed by atoms with Gasteiger partial charge in [-0.2, -0.15) is 0 Å². The van der Waals surface area contributed by atoms with Gasteiger partial charge in [0.1, 0.15) is 12.4 Å². The van der Waals surface area contributed by atoms with E-state index >= 15 is 0 Å². The van der Waals surface area contributed by atoms with Crippen LogP contribution in [0, 0.1) is 11.7 Å². The fraction of sp³-hybridized carbons (Fsp3) is 0.588. The third-order valence-electron chi connectivity index (χ3n) is 5.15. The van der Waals surface area contributed by atoms with Crippen molar-refractivity contribution in [2.24, 2.45) is 5.92 Å². The minimum absolute atomic E-state index is 0.0956. The zero-order valence-corrected chi connectivity index (χ0v) is 12.6. The van der Waals surface area contributed by atoms with Crippen LogP contribution in [0.3, 0.4) is 0 Å². The van der Waals surface area contributed by atoms with Crippen LogP contribution in [0.5, 0.6) is 0 Å². The molecule has 3 aliphatic heterocycles. The van der Waals surface area contributed by atoms with Gasteiger partial charge in [-0.1, -0.05) is 12.1 Å². The summed E-state index contributed by atoms with van der Waals surface area (Å²) in [5, 5.41) is 0. The van der Waals surface area contributed by atoms with E-state index in [1.807, 2.05) is 12.1 Å². The van der Waals surface area contributed by atoms with Gasteiger partial charge in [0.15, 0.2) is 6.10 Å². The number of nitrogens with zero attached hydrogens (tertiary/aromatic N) is 1. The molecule has 2 bridgehead atoms. The second kappa shape index (κ2) is 5.76. The molecule has 4 rings (SSSR count). The van der Waals surface area contributed by atoms with Gasteiger partial charge in [-0.3, -0.25) is 4.79 Å². The van der Waals surface area contributed by atoms with Crippen molar-refractivity contribution in [1.82, 2.24) is 0 Å². The molecule has 3 aliphatic rings. The number of ether oxygens (including phenoxy) is 1. The molecule has 0 N–H and O–H groups in total. The maximum Gasteiger partial charge on any atom is 0.303 e. The van der Waals surface area contributed by atoms with Gasteiger partial charge in [-0.05, 0) is 17.7 Å². The molecular formula is C17H23FNO2+. The van der Waals surface area contributed by atoms with Crippen molar-refractivity contribution in [3.8, 4) is 0 Å². The Kier molecular flexibility index (Phi) is 3.98. The SMILES string of the molecule is CC(=O)O[C@H]1C[N+]2(CCc3ccc(F)cc3)CCC1CC2. The Morgan fingerprint density at radius 3 is 2.57 bits per heavy atom. The largest absolute Gasteiger partial charge is 0.456 e. The van der Waals surface area contributed by atoms with Crippen molar-refractivity contribution in [1.29, 1.82) is 0 Å². The lowest BCUT2D eigenvalue weighted by Gasteiger charge is -2.52. The van der Waals surface area contributed by atoms with Crippen LogP contribution in [0.2, 0.25) is 0 Å². The summed E-state index contributed by atoms with van der Waals surface area (Å²) in [5.41, 5.74) is 1.18. The predicted octanol–water partition coefficient (Wildman–Crippen LogP) is 2.54. The van der Waals surface area contributed by atoms with Crippen LogP contribution >= 0.6 is 0 Å². The monoisotopic (exact) mass is 292 g/mol. The molecule has 0 amide bonds. The van der Waals surface area contributed by atoms with E-state index in [4.69, 9.17) is 4.74 Å². The number of benzene rings is 1. The summed E-state index contributed by atoms with van der Waals surface area (Å²) in [6.45, 7) is 5.87. The number of carbonyl (C=O) groups excluding carboxylic acids is 1. The molecule has 0 aliphatic carbocycles. The van der Waals surface area contributed by atoms with Gasteiger partial charge in [0.2, 0.25) is 0 Å². The van der Waals surface area contributed by atoms with E-state index in [1.165, 1.54) is 37.7 Å². The third kappa shape index (κ3) is 3.26. The summed E-state index contributed by atoms with van der Waals surface area (Å²) in [6, 6.07) is 6.79. The third-order valence-corrected chi connectivity index (χ3v) is 5.15. The van der Waals surface area contributed by atoms with Crippen molar-refractivity contribution >= 4 is 5.97 Å². The first-order chi connectivity index (χ1) is 10.1. The Balaban J connectivity index is 1.63. The Morgan fingerprint density at radius 1 is 1.29 bits per heavy atom. The average molecular weight is 292 g/mol. The molecule has 3 nitrogen and oxygen atoms in total. The van der Waals surface area contributed by atoms with Gasteiger partial charge in [0.25, 0.3) is 0 Å². The highest BCUT2D eigenvalue weighted by molar-refractivity contribution is 5.66. The van der Waals surface area contributed by atoms with Crippen molar-refractivity contribution in [2.75, 3.05) is 26.2 Å². The molecule has 114 valence electrons. The smallest absolute Gasteiger partial charge is 0.303 e. The fourth-order valence-electron chi connectivity index (χ4n) is 3.90. The lowest BCUT2D eigenvalue weighted by atomic mass is 9.83. The Labute approximate surface area is 125 Å². The number of hydrogen-bond acceptors (Lipinski definition) is 2. The van der Waals surface area contributed by atoms with Crippen LogP contribution in [0.25, 0.3) is 0 Å². The number of fused-ring (bicyclic) bond motifs is 3. The van der Waals surface area contributed by atoms with Gasteiger partial charge in [-0.15, -0.1) is 0 Å². The predicted molar refractivity (Wildman–Crippen MR) is 78.1 cm³/mol. The summed E-state index contributed by atoms with van der Waals surface area (Å²) < 4.78 is 19.5. The summed E-state index contributed by atoms with van der Waals surface area (Å²) in [6.07, 6.45) is 3.36. The number of quaternary nitrogens is 1. The highest BCUT2D eigenvalue weighted by Gasteiger charge is 2.46. The number of piperidine rings is 3. The summed E-state index contributed by atoms with van der Waals surface area (Å²) >= 11 is 0.